The first-order valence-electron chi connectivity index (χ1n) is 12.9. The van der Waals surface area contributed by atoms with Crippen LogP contribution in [0.5, 0.6) is 0 Å². The highest BCUT2D eigenvalue weighted by molar-refractivity contribution is 5.88. The molecule has 0 radical (unpaired) electrons. The number of nitrogens with zero attached hydrogens (tertiary/aromatic N) is 6. The van der Waals surface area contributed by atoms with E-state index >= 15 is 0 Å². The second-order valence-electron chi connectivity index (χ2n) is 10.4. The van der Waals surface area contributed by atoms with E-state index in [1.807, 2.05) is 44.4 Å². The first kappa shape index (κ1) is 25.9. The van der Waals surface area contributed by atoms with E-state index in [-0.39, 0.29) is 30.2 Å². The van der Waals surface area contributed by atoms with Gasteiger partial charge in [-0.1, -0.05) is 6.08 Å². The number of carbonyl (C=O) groups is 2. The minimum Gasteiger partial charge on any atom is -0.444 e. The van der Waals surface area contributed by atoms with Crippen molar-refractivity contribution in [3.8, 4) is 0 Å². The van der Waals surface area contributed by atoms with Gasteiger partial charge in [0.1, 0.15) is 11.6 Å². The largest absolute Gasteiger partial charge is 0.444 e. The number of ether oxygens (including phenoxy) is 1. The standard InChI is InChI=1S/C26H39N7O3/c1-18(2)33-17-27-24-22(15-19(3)28-25(24)33)29-20-8-12-31(13-9-20)26(35)36-21-10-14-32(16-21)23(34)7-6-11-30(4)5/h6-7,15,17-18,20-21H,8-14,16H2,1-5H3,(H,28,29)/b7-6+/t21-/m0/s1. The van der Waals surface area contributed by atoms with Crippen LogP contribution in [0.4, 0.5) is 10.5 Å². The number of rotatable bonds is 7. The molecule has 0 bridgehead atoms. The number of pyridine rings is 1. The predicted octanol–water partition coefficient (Wildman–Crippen LogP) is 3.05. The first-order valence-corrected chi connectivity index (χ1v) is 12.9. The molecule has 2 fully saturated rings. The Hall–Kier alpha value is -3.14. The van der Waals surface area contributed by atoms with Gasteiger partial charge < -0.3 is 29.3 Å². The van der Waals surface area contributed by atoms with Crippen molar-refractivity contribution >= 4 is 28.9 Å². The van der Waals surface area contributed by atoms with Crippen molar-refractivity contribution in [2.24, 2.45) is 0 Å². The Bertz CT molecular complexity index is 1100. The lowest BCUT2D eigenvalue weighted by Crippen LogP contribution is -2.44. The minimum absolute atomic E-state index is 0.0269. The maximum Gasteiger partial charge on any atom is 0.410 e. The Morgan fingerprint density at radius 1 is 1.19 bits per heavy atom. The number of aryl methyl sites for hydroxylation is 1. The lowest BCUT2D eigenvalue weighted by molar-refractivity contribution is -0.125. The lowest BCUT2D eigenvalue weighted by atomic mass is 10.0. The van der Waals surface area contributed by atoms with Crippen LogP contribution in [0.25, 0.3) is 11.2 Å². The van der Waals surface area contributed by atoms with E-state index in [2.05, 4.69) is 28.7 Å². The summed E-state index contributed by atoms with van der Waals surface area (Å²) in [6, 6.07) is 2.58. The van der Waals surface area contributed by atoms with E-state index in [0.717, 1.165) is 41.9 Å². The van der Waals surface area contributed by atoms with E-state index in [9.17, 15) is 9.59 Å². The van der Waals surface area contributed by atoms with Crippen LogP contribution in [0, 0.1) is 6.92 Å². The fourth-order valence-electron chi connectivity index (χ4n) is 4.76. The number of piperidine rings is 1. The number of carbonyl (C=O) groups excluding carboxylic acids is 2. The van der Waals surface area contributed by atoms with Crippen molar-refractivity contribution in [3.63, 3.8) is 0 Å². The number of imidazole rings is 1. The molecule has 2 aliphatic heterocycles. The van der Waals surface area contributed by atoms with Crippen molar-refractivity contribution in [3.05, 3.63) is 30.2 Å². The van der Waals surface area contributed by atoms with Crippen molar-refractivity contribution in [2.75, 3.05) is 52.1 Å². The number of amides is 2. The summed E-state index contributed by atoms with van der Waals surface area (Å²) in [5, 5.41) is 3.64. The van der Waals surface area contributed by atoms with Crippen molar-refractivity contribution in [2.45, 2.75) is 58.2 Å². The molecular formula is C26H39N7O3. The molecule has 0 aliphatic carbocycles. The monoisotopic (exact) mass is 497 g/mol. The van der Waals surface area contributed by atoms with Gasteiger partial charge in [0.15, 0.2) is 5.65 Å². The van der Waals surface area contributed by atoms with Crippen molar-refractivity contribution in [1.82, 2.24) is 29.2 Å². The highest BCUT2D eigenvalue weighted by Crippen LogP contribution is 2.27. The maximum atomic E-state index is 12.8. The van der Waals surface area contributed by atoms with E-state index in [4.69, 9.17) is 9.72 Å². The van der Waals surface area contributed by atoms with Crippen LogP contribution in [-0.4, -0.2) is 100 Å². The highest BCUT2D eigenvalue weighted by atomic mass is 16.6. The Morgan fingerprint density at radius 3 is 2.61 bits per heavy atom. The zero-order valence-corrected chi connectivity index (χ0v) is 22.1. The van der Waals surface area contributed by atoms with Gasteiger partial charge in [0.2, 0.25) is 5.91 Å². The number of hydrogen-bond acceptors (Lipinski definition) is 7. The Labute approximate surface area is 213 Å². The smallest absolute Gasteiger partial charge is 0.410 e. The van der Waals surface area contributed by atoms with E-state index in [1.165, 1.54) is 0 Å². The predicted molar refractivity (Wildman–Crippen MR) is 140 cm³/mol. The van der Waals surface area contributed by atoms with Gasteiger partial charge in [-0.2, -0.15) is 0 Å². The molecule has 2 aromatic rings. The number of fused-ring (bicyclic) bond motifs is 1. The second kappa shape index (κ2) is 11.3. The second-order valence-corrected chi connectivity index (χ2v) is 10.4. The zero-order chi connectivity index (χ0) is 25.8. The zero-order valence-electron chi connectivity index (χ0n) is 22.1. The average Bonchev–Trinajstić information content (AvgIpc) is 3.46. The molecule has 0 unspecified atom stereocenters. The third-order valence-electron chi connectivity index (χ3n) is 6.78. The van der Waals surface area contributed by atoms with Crippen molar-refractivity contribution in [1.29, 1.82) is 0 Å². The summed E-state index contributed by atoms with van der Waals surface area (Å²) in [6.07, 6.45) is 7.11. The van der Waals surface area contributed by atoms with Crippen LogP contribution in [0.1, 0.15) is 44.8 Å². The van der Waals surface area contributed by atoms with Crippen molar-refractivity contribution < 1.29 is 14.3 Å². The normalized spacial score (nSPS) is 19.2. The molecule has 2 amide bonds. The quantitative estimate of drug-likeness (QED) is 0.588. The Balaban J connectivity index is 1.26. The van der Waals surface area contributed by atoms with Gasteiger partial charge in [0, 0.05) is 56.5 Å². The summed E-state index contributed by atoms with van der Waals surface area (Å²) in [4.78, 5) is 39.9. The number of anilines is 1. The fourth-order valence-corrected chi connectivity index (χ4v) is 4.76. The summed E-state index contributed by atoms with van der Waals surface area (Å²) in [5.41, 5.74) is 3.72. The molecule has 36 heavy (non-hydrogen) atoms. The summed E-state index contributed by atoms with van der Waals surface area (Å²) in [5.74, 6) is -0.0269. The van der Waals surface area contributed by atoms with Crippen LogP contribution in [0.15, 0.2) is 24.5 Å². The SMILES string of the molecule is Cc1cc(NC2CCN(C(=O)O[C@H]3CCN(C(=O)/C=C/CN(C)C)C3)CC2)c2ncn(C(C)C)c2n1. The number of hydrogen-bond donors (Lipinski definition) is 1. The van der Waals surface area contributed by atoms with E-state index in [1.54, 1.807) is 15.9 Å². The third kappa shape index (κ3) is 6.16. The molecule has 1 N–H and O–H groups in total. The van der Waals surface area contributed by atoms with E-state index in [0.29, 0.717) is 32.6 Å². The van der Waals surface area contributed by atoms with Crippen LogP contribution in [0.3, 0.4) is 0 Å². The van der Waals surface area contributed by atoms with Gasteiger partial charge in [-0.25, -0.2) is 14.8 Å². The van der Waals surface area contributed by atoms with Gasteiger partial charge in [-0.15, -0.1) is 0 Å². The number of likely N-dealkylation sites (tertiary alicyclic amines) is 2. The first-order chi connectivity index (χ1) is 17.2. The molecule has 2 aliphatic rings. The summed E-state index contributed by atoms with van der Waals surface area (Å²) < 4.78 is 7.83. The molecular weight excluding hydrogens is 458 g/mol. The Kier molecular flexibility index (Phi) is 8.13. The molecule has 0 saturated carbocycles. The molecule has 1 atom stereocenters. The average molecular weight is 498 g/mol. The lowest BCUT2D eigenvalue weighted by Gasteiger charge is -2.33. The number of nitrogens with one attached hydrogen (secondary N) is 1. The number of likely N-dealkylation sites (N-methyl/N-ethyl adjacent to an activating group) is 1. The number of aromatic nitrogens is 3. The third-order valence-corrected chi connectivity index (χ3v) is 6.78. The van der Waals surface area contributed by atoms with Gasteiger partial charge in [0.05, 0.1) is 18.6 Å². The summed E-state index contributed by atoms with van der Waals surface area (Å²) in [7, 11) is 3.92. The molecule has 10 nitrogen and oxygen atoms in total. The molecule has 196 valence electrons. The summed E-state index contributed by atoms with van der Waals surface area (Å²) in [6.45, 7) is 9.29. The molecule has 10 heteroatoms. The molecule has 2 aromatic heterocycles. The molecule has 4 heterocycles. The van der Waals surface area contributed by atoms with Crippen LogP contribution >= 0.6 is 0 Å². The minimum atomic E-state index is -0.284. The fraction of sp³-hybridized carbons (Fsp3) is 0.615. The summed E-state index contributed by atoms with van der Waals surface area (Å²) >= 11 is 0. The van der Waals surface area contributed by atoms with Crippen LogP contribution < -0.4 is 5.32 Å². The molecule has 0 aromatic carbocycles. The maximum absolute atomic E-state index is 12.8. The van der Waals surface area contributed by atoms with Crippen LogP contribution in [-0.2, 0) is 9.53 Å². The topological polar surface area (TPSA) is 95.8 Å². The van der Waals surface area contributed by atoms with Gasteiger partial charge in [0.25, 0.3) is 0 Å². The highest BCUT2D eigenvalue weighted by Gasteiger charge is 2.31. The molecule has 2 saturated heterocycles. The Morgan fingerprint density at radius 2 is 1.92 bits per heavy atom. The molecule has 0 spiro atoms. The van der Waals surface area contributed by atoms with Gasteiger partial charge >= 0.3 is 6.09 Å². The van der Waals surface area contributed by atoms with Crippen LogP contribution in [0.2, 0.25) is 0 Å². The molecule has 4 rings (SSSR count). The van der Waals surface area contributed by atoms with Gasteiger partial charge in [-0.3, -0.25) is 4.79 Å². The van der Waals surface area contributed by atoms with E-state index < -0.39 is 0 Å². The van der Waals surface area contributed by atoms with Gasteiger partial charge in [-0.05, 0) is 53.8 Å².